The summed E-state index contributed by atoms with van der Waals surface area (Å²) in [6.07, 6.45) is 0.917. The summed E-state index contributed by atoms with van der Waals surface area (Å²) in [5.41, 5.74) is 3.04. The standard InChI is InChI=1S/C19H17FN4O2S.ClH/c20-15-3-5-16(6-4-15)26-11-17-23-24-19(27-17)22-18(25)13-1-2-14-10-21-8-7-12(14)9-13;/h1-6,9,21H,7-8,10-11H2,(H,22,24,25);1H. The lowest BCUT2D eigenvalue weighted by Gasteiger charge is -2.17. The van der Waals surface area contributed by atoms with E-state index >= 15 is 0 Å². The Morgan fingerprint density at radius 1 is 1.18 bits per heavy atom. The summed E-state index contributed by atoms with van der Waals surface area (Å²) in [6.45, 7) is 1.96. The Morgan fingerprint density at radius 2 is 2.00 bits per heavy atom. The fraction of sp³-hybridized carbons (Fsp3) is 0.211. The second kappa shape index (κ2) is 9.09. The van der Waals surface area contributed by atoms with Gasteiger partial charge in [0.15, 0.2) is 5.01 Å². The van der Waals surface area contributed by atoms with Gasteiger partial charge in [-0.25, -0.2) is 4.39 Å². The Morgan fingerprint density at radius 3 is 2.82 bits per heavy atom. The van der Waals surface area contributed by atoms with Gasteiger partial charge in [-0.2, -0.15) is 0 Å². The highest BCUT2D eigenvalue weighted by Gasteiger charge is 2.14. The van der Waals surface area contributed by atoms with Crippen LogP contribution in [0.25, 0.3) is 0 Å². The number of carbonyl (C=O) groups is 1. The number of nitrogens with zero attached hydrogens (tertiary/aromatic N) is 2. The van der Waals surface area contributed by atoms with Gasteiger partial charge < -0.3 is 10.1 Å². The van der Waals surface area contributed by atoms with E-state index in [1.54, 1.807) is 12.1 Å². The summed E-state index contributed by atoms with van der Waals surface area (Å²) >= 11 is 1.24. The van der Waals surface area contributed by atoms with Gasteiger partial charge in [0.25, 0.3) is 5.91 Å². The summed E-state index contributed by atoms with van der Waals surface area (Å²) in [4.78, 5) is 12.5. The number of hydrogen-bond donors (Lipinski definition) is 2. The summed E-state index contributed by atoms with van der Waals surface area (Å²) in [5, 5.41) is 15.1. The number of benzene rings is 2. The number of fused-ring (bicyclic) bond motifs is 1. The molecule has 0 unspecified atom stereocenters. The molecule has 2 N–H and O–H groups in total. The maximum Gasteiger partial charge on any atom is 0.257 e. The highest BCUT2D eigenvalue weighted by Crippen LogP contribution is 2.21. The van der Waals surface area contributed by atoms with Crippen LogP contribution >= 0.6 is 23.7 Å². The first-order valence-electron chi connectivity index (χ1n) is 8.52. The monoisotopic (exact) mass is 420 g/mol. The van der Waals surface area contributed by atoms with Gasteiger partial charge in [0.05, 0.1) is 0 Å². The van der Waals surface area contributed by atoms with Crippen molar-refractivity contribution < 1.29 is 13.9 Å². The molecule has 9 heteroatoms. The minimum atomic E-state index is -0.318. The molecule has 1 amide bonds. The van der Waals surface area contributed by atoms with Crippen LogP contribution in [0.2, 0.25) is 0 Å². The van der Waals surface area contributed by atoms with Crippen molar-refractivity contribution in [2.45, 2.75) is 19.6 Å². The van der Waals surface area contributed by atoms with Crippen LogP contribution in [0.1, 0.15) is 26.5 Å². The molecule has 0 saturated carbocycles. The lowest BCUT2D eigenvalue weighted by Crippen LogP contribution is -2.24. The number of hydrogen-bond acceptors (Lipinski definition) is 6. The van der Waals surface area contributed by atoms with Crippen LogP contribution < -0.4 is 15.4 Å². The molecule has 0 aliphatic carbocycles. The van der Waals surface area contributed by atoms with Crippen molar-refractivity contribution >= 4 is 34.8 Å². The van der Waals surface area contributed by atoms with Gasteiger partial charge in [0, 0.05) is 12.1 Å². The zero-order chi connectivity index (χ0) is 18.6. The lowest BCUT2D eigenvalue weighted by atomic mass is 9.98. The van der Waals surface area contributed by atoms with Crippen molar-refractivity contribution in [1.82, 2.24) is 15.5 Å². The third kappa shape index (κ3) is 4.83. The van der Waals surface area contributed by atoms with Crippen LogP contribution in [0.5, 0.6) is 5.75 Å². The minimum absolute atomic E-state index is 0. The van der Waals surface area contributed by atoms with Crippen LogP contribution in [0, 0.1) is 5.82 Å². The average molecular weight is 421 g/mol. The fourth-order valence-corrected chi connectivity index (χ4v) is 3.47. The van der Waals surface area contributed by atoms with E-state index in [9.17, 15) is 9.18 Å². The third-order valence-electron chi connectivity index (χ3n) is 4.22. The average Bonchev–Trinajstić information content (AvgIpc) is 3.14. The first-order valence-corrected chi connectivity index (χ1v) is 9.34. The van der Waals surface area contributed by atoms with Crippen LogP contribution in [-0.2, 0) is 19.6 Å². The maximum atomic E-state index is 12.9. The van der Waals surface area contributed by atoms with Crippen LogP contribution in [0.4, 0.5) is 9.52 Å². The van der Waals surface area contributed by atoms with Gasteiger partial charge in [-0.3, -0.25) is 10.1 Å². The van der Waals surface area contributed by atoms with Crippen molar-refractivity contribution in [1.29, 1.82) is 0 Å². The van der Waals surface area contributed by atoms with Gasteiger partial charge >= 0.3 is 0 Å². The van der Waals surface area contributed by atoms with E-state index in [4.69, 9.17) is 4.74 Å². The normalized spacial score (nSPS) is 12.6. The van der Waals surface area contributed by atoms with E-state index in [-0.39, 0.29) is 30.7 Å². The van der Waals surface area contributed by atoms with E-state index in [2.05, 4.69) is 20.8 Å². The maximum absolute atomic E-state index is 12.9. The number of ether oxygens (including phenoxy) is 1. The Hall–Kier alpha value is -2.55. The predicted octanol–water partition coefficient (Wildman–Crippen LogP) is 3.58. The number of nitrogens with one attached hydrogen (secondary N) is 2. The Balaban J connectivity index is 0.00000225. The molecule has 1 aliphatic heterocycles. The SMILES string of the molecule is Cl.O=C(Nc1nnc(COc2ccc(F)cc2)s1)c1ccc2c(c1)CCNC2. The second-order valence-corrected chi connectivity index (χ2v) is 7.17. The molecule has 0 radical (unpaired) electrons. The van der Waals surface area contributed by atoms with Gasteiger partial charge in [0.1, 0.15) is 18.2 Å². The molecule has 2 aromatic carbocycles. The van der Waals surface area contributed by atoms with Crippen molar-refractivity contribution in [2.75, 3.05) is 11.9 Å². The van der Waals surface area contributed by atoms with Gasteiger partial charge in [0.2, 0.25) is 5.13 Å². The number of halogens is 2. The topological polar surface area (TPSA) is 76.1 Å². The molecule has 4 rings (SSSR count). The summed E-state index contributed by atoms with van der Waals surface area (Å²) < 4.78 is 18.4. The molecule has 0 bridgehead atoms. The van der Waals surface area contributed by atoms with Crippen molar-refractivity contribution in [2.24, 2.45) is 0 Å². The molecule has 0 atom stereocenters. The van der Waals surface area contributed by atoms with Crippen LogP contribution in [0.3, 0.4) is 0 Å². The molecule has 28 heavy (non-hydrogen) atoms. The number of rotatable bonds is 5. The zero-order valence-electron chi connectivity index (χ0n) is 14.8. The lowest BCUT2D eigenvalue weighted by molar-refractivity contribution is 0.102. The summed E-state index contributed by atoms with van der Waals surface area (Å²) in [5.74, 6) is 0.0147. The number of carbonyl (C=O) groups excluding carboxylic acids is 1. The minimum Gasteiger partial charge on any atom is -0.486 e. The second-order valence-electron chi connectivity index (χ2n) is 6.11. The number of aromatic nitrogens is 2. The Labute approximate surface area is 171 Å². The Bertz CT molecular complexity index is 965. The summed E-state index contributed by atoms with van der Waals surface area (Å²) in [7, 11) is 0. The van der Waals surface area contributed by atoms with Gasteiger partial charge in [-0.05, 0) is 60.5 Å². The molecule has 1 aromatic heterocycles. The molecule has 0 spiro atoms. The van der Waals surface area contributed by atoms with E-state index < -0.39 is 0 Å². The van der Waals surface area contributed by atoms with Crippen LogP contribution in [0.15, 0.2) is 42.5 Å². The highest BCUT2D eigenvalue weighted by molar-refractivity contribution is 7.15. The van der Waals surface area contributed by atoms with E-state index in [0.717, 1.165) is 19.5 Å². The molecule has 146 valence electrons. The third-order valence-corrected chi connectivity index (χ3v) is 5.03. The van der Waals surface area contributed by atoms with E-state index in [0.29, 0.717) is 21.5 Å². The van der Waals surface area contributed by atoms with E-state index in [1.165, 1.54) is 34.6 Å². The molecular formula is C19H18ClFN4O2S. The number of anilines is 1. The number of amides is 1. The van der Waals surface area contributed by atoms with Crippen molar-refractivity contribution in [3.8, 4) is 5.75 Å². The van der Waals surface area contributed by atoms with Gasteiger partial charge in [-0.15, -0.1) is 22.6 Å². The summed E-state index contributed by atoms with van der Waals surface area (Å²) in [6, 6.07) is 11.5. The zero-order valence-corrected chi connectivity index (χ0v) is 16.4. The first kappa shape index (κ1) is 20.2. The molecular weight excluding hydrogens is 403 g/mol. The molecule has 6 nitrogen and oxygen atoms in total. The van der Waals surface area contributed by atoms with Crippen LogP contribution in [-0.4, -0.2) is 22.6 Å². The van der Waals surface area contributed by atoms with Crippen molar-refractivity contribution in [3.05, 3.63) is 70.0 Å². The molecule has 3 aromatic rings. The quantitative estimate of drug-likeness (QED) is 0.659. The molecule has 0 fully saturated rings. The van der Waals surface area contributed by atoms with E-state index in [1.807, 2.05) is 18.2 Å². The Kier molecular flexibility index (Phi) is 6.56. The molecule has 2 heterocycles. The smallest absolute Gasteiger partial charge is 0.257 e. The first-order chi connectivity index (χ1) is 13.2. The predicted molar refractivity (Wildman–Crippen MR) is 108 cm³/mol. The molecule has 1 aliphatic rings. The van der Waals surface area contributed by atoms with Crippen molar-refractivity contribution in [3.63, 3.8) is 0 Å². The van der Waals surface area contributed by atoms with Gasteiger partial charge in [-0.1, -0.05) is 17.4 Å². The molecule has 0 saturated heterocycles. The highest BCUT2D eigenvalue weighted by atomic mass is 35.5. The largest absolute Gasteiger partial charge is 0.486 e. The fourth-order valence-electron chi connectivity index (χ4n) is 2.83.